The van der Waals surface area contributed by atoms with Gasteiger partial charge in [-0.1, -0.05) is 18.2 Å². The standard InChI is InChI=1S/C24H15F4N3O2/c1-13-5-6-17(12-29-13)20-11-21(24(26,27)28)31-22(30-20)15-4-2-3-14(9-15)18-10-16(23(32)33)7-8-19(18)25/h2-12H,1H3,(H,32,33). The molecule has 0 atom stereocenters. The van der Waals surface area contributed by atoms with E-state index >= 15 is 0 Å². The third-order valence-electron chi connectivity index (χ3n) is 4.87. The van der Waals surface area contributed by atoms with E-state index in [-0.39, 0.29) is 33.8 Å². The Morgan fingerprint density at radius 3 is 2.33 bits per heavy atom. The largest absolute Gasteiger partial charge is 0.478 e. The molecule has 2 heterocycles. The Labute approximate surface area is 185 Å². The minimum Gasteiger partial charge on any atom is -0.478 e. The van der Waals surface area contributed by atoms with Gasteiger partial charge in [0.15, 0.2) is 5.82 Å². The van der Waals surface area contributed by atoms with Crippen LogP contribution in [0.15, 0.2) is 66.9 Å². The molecular formula is C24H15F4N3O2. The summed E-state index contributed by atoms with van der Waals surface area (Å²) in [6.07, 6.45) is -3.30. The van der Waals surface area contributed by atoms with Gasteiger partial charge >= 0.3 is 12.1 Å². The van der Waals surface area contributed by atoms with Crippen molar-refractivity contribution >= 4 is 5.97 Å². The maximum atomic E-state index is 14.4. The van der Waals surface area contributed by atoms with Gasteiger partial charge in [0.05, 0.1) is 11.3 Å². The van der Waals surface area contributed by atoms with Gasteiger partial charge < -0.3 is 5.11 Å². The maximum Gasteiger partial charge on any atom is 0.433 e. The zero-order valence-corrected chi connectivity index (χ0v) is 17.1. The Balaban J connectivity index is 1.86. The van der Waals surface area contributed by atoms with E-state index in [9.17, 15) is 27.5 Å². The molecule has 4 aromatic rings. The van der Waals surface area contributed by atoms with Crippen LogP contribution in [-0.2, 0) is 6.18 Å². The van der Waals surface area contributed by atoms with Gasteiger partial charge in [-0.15, -0.1) is 0 Å². The second-order valence-corrected chi connectivity index (χ2v) is 7.23. The van der Waals surface area contributed by atoms with Crippen molar-refractivity contribution in [2.24, 2.45) is 0 Å². The number of halogens is 4. The molecule has 2 aromatic carbocycles. The van der Waals surface area contributed by atoms with Crippen molar-refractivity contribution < 1.29 is 27.5 Å². The van der Waals surface area contributed by atoms with E-state index in [2.05, 4.69) is 15.0 Å². The van der Waals surface area contributed by atoms with Crippen LogP contribution in [0.3, 0.4) is 0 Å². The highest BCUT2D eigenvalue weighted by molar-refractivity contribution is 5.89. The van der Waals surface area contributed by atoms with Gasteiger partial charge in [0.2, 0.25) is 0 Å². The molecule has 0 fully saturated rings. The van der Waals surface area contributed by atoms with E-state index in [0.29, 0.717) is 11.3 Å². The van der Waals surface area contributed by atoms with Crippen LogP contribution in [0.4, 0.5) is 17.6 Å². The molecule has 2 aromatic heterocycles. The fraction of sp³-hybridized carbons (Fsp3) is 0.0833. The number of aromatic nitrogens is 3. The molecular weight excluding hydrogens is 438 g/mol. The molecule has 0 aliphatic carbocycles. The molecule has 1 N–H and O–H groups in total. The van der Waals surface area contributed by atoms with Gasteiger partial charge in [-0.3, -0.25) is 4.98 Å². The number of carboxylic acids is 1. The van der Waals surface area contributed by atoms with Crippen LogP contribution in [0, 0.1) is 12.7 Å². The van der Waals surface area contributed by atoms with Crippen LogP contribution in [0.1, 0.15) is 21.7 Å². The minimum absolute atomic E-state index is 0.00770. The number of carboxylic acid groups (broad SMARTS) is 1. The maximum absolute atomic E-state index is 14.4. The fourth-order valence-electron chi connectivity index (χ4n) is 3.19. The van der Waals surface area contributed by atoms with Crippen molar-refractivity contribution in [1.29, 1.82) is 0 Å². The quantitative estimate of drug-likeness (QED) is 0.382. The summed E-state index contributed by atoms with van der Waals surface area (Å²) >= 11 is 0. The third-order valence-corrected chi connectivity index (χ3v) is 4.87. The van der Waals surface area contributed by atoms with Crippen molar-refractivity contribution in [2.45, 2.75) is 13.1 Å². The summed E-state index contributed by atoms with van der Waals surface area (Å²) in [5, 5.41) is 9.19. The number of aromatic carboxylic acids is 1. The van der Waals surface area contributed by atoms with E-state index in [4.69, 9.17) is 0 Å². The Kier molecular flexibility index (Phi) is 5.63. The Morgan fingerprint density at radius 1 is 0.909 bits per heavy atom. The molecule has 0 saturated heterocycles. The molecule has 5 nitrogen and oxygen atoms in total. The van der Waals surface area contributed by atoms with Crippen molar-refractivity contribution in [2.75, 3.05) is 0 Å². The summed E-state index contributed by atoms with van der Waals surface area (Å²) in [4.78, 5) is 23.3. The minimum atomic E-state index is -4.72. The first-order valence-electron chi connectivity index (χ1n) is 9.65. The van der Waals surface area contributed by atoms with Crippen molar-refractivity contribution in [3.63, 3.8) is 0 Å². The number of carbonyl (C=O) groups is 1. The highest BCUT2D eigenvalue weighted by Gasteiger charge is 2.34. The van der Waals surface area contributed by atoms with Crippen LogP contribution < -0.4 is 0 Å². The average Bonchev–Trinajstić information content (AvgIpc) is 2.79. The van der Waals surface area contributed by atoms with E-state index < -0.39 is 23.7 Å². The van der Waals surface area contributed by atoms with Crippen LogP contribution >= 0.6 is 0 Å². The smallest absolute Gasteiger partial charge is 0.433 e. The summed E-state index contributed by atoms with van der Waals surface area (Å²) in [7, 11) is 0. The summed E-state index contributed by atoms with van der Waals surface area (Å²) in [5.74, 6) is -2.12. The number of hydrogen-bond acceptors (Lipinski definition) is 4. The molecule has 0 unspecified atom stereocenters. The Bertz CT molecular complexity index is 1350. The first kappa shape index (κ1) is 22.1. The zero-order chi connectivity index (χ0) is 23.8. The molecule has 166 valence electrons. The van der Waals surface area contributed by atoms with Crippen LogP contribution in [0.2, 0.25) is 0 Å². The van der Waals surface area contributed by atoms with Crippen LogP contribution in [-0.4, -0.2) is 26.0 Å². The van der Waals surface area contributed by atoms with E-state index in [0.717, 1.165) is 24.3 Å². The Morgan fingerprint density at radius 2 is 1.67 bits per heavy atom. The van der Waals surface area contributed by atoms with Crippen molar-refractivity contribution in [1.82, 2.24) is 15.0 Å². The Hall–Kier alpha value is -4.14. The molecule has 0 radical (unpaired) electrons. The molecule has 33 heavy (non-hydrogen) atoms. The molecule has 0 bridgehead atoms. The highest BCUT2D eigenvalue weighted by Crippen LogP contribution is 2.33. The number of aryl methyl sites for hydroxylation is 1. The second-order valence-electron chi connectivity index (χ2n) is 7.23. The number of alkyl halides is 3. The lowest BCUT2D eigenvalue weighted by atomic mass is 10.00. The lowest BCUT2D eigenvalue weighted by molar-refractivity contribution is -0.141. The van der Waals surface area contributed by atoms with E-state index in [1.165, 1.54) is 30.5 Å². The number of hydrogen-bond donors (Lipinski definition) is 1. The number of benzene rings is 2. The van der Waals surface area contributed by atoms with Gasteiger partial charge in [-0.25, -0.2) is 19.2 Å². The summed E-state index contributed by atoms with van der Waals surface area (Å²) in [6.45, 7) is 1.75. The fourth-order valence-corrected chi connectivity index (χ4v) is 3.19. The topological polar surface area (TPSA) is 76.0 Å². The molecule has 0 saturated carbocycles. The monoisotopic (exact) mass is 453 g/mol. The summed E-state index contributed by atoms with van der Waals surface area (Å²) < 4.78 is 55.1. The van der Waals surface area contributed by atoms with E-state index in [1.54, 1.807) is 19.1 Å². The highest BCUT2D eigenvalue weighted by atomic mass is 19.4. The predicted octanol–water partition coefficient (Wildman–Crippen LogP) is 6.04. The lowest BCUT2D eigenvalue weighted by Crippen LogP contribution is -2.10. The normalized spacial score (nSPS) is 11.4. The lowest BCUT2D eigenvalue weighted by Gasteiger charge is -2.12. The van der Waals surface area contributed by atoms with E-state index in [1.807, 2.05) is 0 Å². The van der Waals surface area contributed by atoms with Gasteiger partial charge in [0.25, 0.3) is 0 Å². The molecule has 0 spiro atoms. The van der Waals surface area contributed by atoms with Crippen molar-refractivity contribution in [3.05, 3.63) is 89.6 Å². The molecule has 0 aliphatic heterocycles. The number of rotatable bonds is 4. The molecule has 4 rings (SSSR count). The summed E-state index contributed by atoms with van der Waals surface area (Å²) in [6, 6.07) is 13.4. The predicted molar refractivity (Wildman–Crippen MR) is 113 cm³/mol. The number of pyridine rings is 1. The van der Waals surface area contributed by atoms with Gasteiger partial charge in [0, 0.05) is 28.6 Å². The number of nitrogens with zero attached hydrogens (tertiary/aromatic N) is 3. The van der Waals surface area contributed by atoms with Crippen LogP contribution in [0.5, 0.6) is 0 Å². The van der Waals surface area contributed by atoms with Gasteiger partial charge in [-0.05, 0) is 55.0 Å². The molecule has 9 heteroatoms. The average molecular weight is 453 g/mol. The SMILES string of the molecule is Cc1ccc(-c2cc(C(F)(F)F)nc(-c3cccc(-c4cc(C(=O)O)ccc4F)c3)n2)cn1. The second kappa shape index (κ2) is 8.42. The van der Waals surface area contributed by atoms with Crippen LogP contribution in [0.25, 0.3) is 33.8 Å². The summed E-state index contributed by atoms with van der Waals surface area (Å²) in [5.41, 5.74) is 0.325. The van der Waals surface area contributed by atoms with Gasteiger partial charge in [0.1, 0.15) is 11.5 Å². The first-order valence-corrected chi connectivity index (χ1v) is 9.65. The zero-order valence-electron chi connectivity index (χ0n) is 17.1. The third kappa shape index (κ3) is 4.72. The molecule has 0 aliphatic rings. The van der Waals surface area contributed by atoms with Crippen molar-refractivity contribution in [3.8, 4) is 33.8 Å². The van der Waals surface area contributed by atoms with Gasteiger partial charge in [-0.2, -0.15) is 13.2 Å². The molecule has 0 amide bonds. The first-order chi connectivity index (χ1) is 15.6.